The average Bonchev–Trinajstić information content (AvgIpc) is 2.27. The fourth-order valence-corrected chi connectivity index (χ4v) is 1.63. The second-order valence-electron chi connectivity index (χ2n) is 3.83. The number of aliphatic hydroxyl groups is 1. The number of alkyl halides is 1. The summed E-state index contributed by atoms with van der Waals surface area (Å²) in [6.07, 6.45) is 3.13. The topological polar surface area (TPSA) is 58.6 Å². The first-order valence-electron chi connectivity index (χ1n) is 5.41. The number of ether oxygens (including phenoxy) is 1. The van der Waals surface area contributed by atoms with Gasteiger partial charge in [-0.2, -0.15) is 0 Å². The Kier molecular flexibility index (Phi) is 5.39. The lowest BCUT2D eigenvalue weighted by molar-refractivity contribution is 0.0722. The van der Waals surface area contributed by atoms with Crippen LogP contribution in [0.4, 0.5) is 9.18 Å². The van der Waals surface area contributed by atoms with Crippen molar-refractivity contribution in [1.82, 2.24) is 5.32 Å². The van der Waals surface area contributed by atoms with Crippen molar-refractivity contribution < 1.29 is 19.0 Å². The van der Waals surface area contributed by atoms with Gasteiger partial charge in [-0.3, -0.25) is 0 Å². The van der Waals surface area contributed by atoms with E-state index in [1.807, 2.05) is 0 Å². The molecule has 0 aromatic carbocycles. The maximum absolute atomic E-state index is 12.6. The van der Waals surface area contributed by atoms with E-state index in [1.54, 1.807) is 0 Å². The Morgan fingerprint density at radius 2 is 2.13 bits per heavy atom. The van der Waals surface area contributed by atoms with Crippen LogP contribution < -0.4 is 5.32 Å². The Balaban J connectivity index is 2.11. The first-order valence-corrected chi connectivity index (χ1v) is 5.41. The second-order valence-corrected chi connectivity index (χ2v) is 3.83. The lowest BCUT2D eigenvalue weighted by atomic mass is 9.98. The van der Waals surface area contributed by atoms with E-state index < -0.39 is 18.9 Å². The van der Waals surface area contributed by atoms with Crippen molar-refractivity contribution in [3.8, 4) is 0 Å². The largest absolute Gasteiger partial charge is 0.446 e. The zero-order chi connectivity index (χ0) is 11.1. The number of carbonyl (C=O) groups is 1. The highest BCUT2D eigenvalue weighted by Gasteiger charge is 2.17. The lowest BCUT2D eigenvalue weighted by Gasteiger charge is -2.22. The molecule has 1 aliphatic rings. The average molecular weight is 219 g/mol. The van der Waals surface area contributed by atoms with Gasteiger partial charge in [-0.25, -0.2) is 9.18 Å². The van der Waals surface area contributed by atoms with E-state index >= 15 is 0 Å². The first kappa shape index (κ1) is 12.2. The molecule has 0 heterocycles. The number of rotatable bonds is 4. The normalized spacial score (nSPS) is 19.6. The molecule has 1 saturated carbocycles. The number of alkyl carbamates (subject to hydrolysis) is 1. The molecule has 0 aliphatic heterocycles. The number of hydrogen-bond acceptors (Lipinski definition) is 3. The highest BCUT2D eigenvalue weighted by atomic mass is 19.1. The van der Waals surface area contributed by atoms with Crippen LogP contribution in [0.2, 0.25) is 0 Å². The molecule has 5 heteroatoms. The zero-order valence-electron chi connectivity index (χ0n) is 8.75. The predicted molar refractivity (Wildman–Crippen MR) is 53.3 cm³/mol. The van der Waals surface area contributed by atoms with Crippen LogP contribution in [0.5, 0.6) is 0 Å². The molecule has 0 aromatic rings. The summed E-state index contributed by atoms with van der Waals surface area (Å²) < 4.78 is 17.6. The van der Waals surface area contributed by atoms with E-state index in [0.717, 1.165) is 25.7 Å². The monoisotopic (exact) mass is 219 g/mol. The van der Waals surface area contributed by atoms with Crippen LogP contribution in [0.25, 0.3) is 0 Å². The number of aliphatic hydroxyl groups excluding tert-OH is 1. The molecule has 88 valence electrons. The number of hydrogen-bond donors (Lipinski definition) is 2. The van der Waals surface area contributed by atoms with Crippen molar-refractivity contribution in [2.75, 3.05) is 13.2 Å². The number of nitrogens with one attached hydrogen (secondary N) is 1. The van der Waals surface area contributed by atoms with Gasteiger partial charge in [-0.05, 0) is 25.7 Å². The number of amides is 1. The molecule has 0 unspecified atom stereocenters. The molecular weight excluding hydrogens is 201 g/mol. The summed E-state index contributed by atoms with van der Waals surface area (Å²) in [6, 6.07) is 0. The standard InChI is InChI=1S/C10H18FNO3/c11-8(7-13)6-12-10(14)15-9-4-2-1-3-5-9/h8-9,13H,1-7H2,(H,12,14)/t8-/m1/s1. The third-order valence-electron chi connectivity index (χ3n) is 2.49. The summed E-state index contributed by atoms with van der Waals surface area (Å²) >= 11 is 0. The fourth-order valence-electron chi connectivity index (χ4n) is 1.63. The van der Waals surface area contributed by atoms with Crippen molar-refractivity contribution in [3.63, 3.8) is 0 Å². The van der Waals surface area contributed by atoms with Gasteiger partial charge in [-0.1, -0.05) is 6.42 Å². The van der Waals surface area contributed by atoms with E-state index in [-0.39, 0.29) is 12.6 Å². The van der Waals surface area contributed by atoms with Crippen LogP contribution in [0.3, 0.4) is 0 Å². The molecule has 1 atom stereocenters. The Morgan fingerprint density at radius 3 is 2.73 bits per heavy atom. The van der Waals surface area contributed by atoms with Crippen molar-refractivity contribution in [1.29, 1.82) is 0 Å². The van der Waals surface area contributed by atoms with Crippen LogP contribution >= 0.6 is 0 Å². The van der Waals surface area contributed by atoms with Crippen LogP contribution in [0.1, 0.15) is 32.1 Å². The maximum Gasteiger partial charge on any atom is 0.407 e. The summed E-state index contributed by atoms with van der Waals surface area (Å²) in [5.74, 6) is 0. The van der Waals surface area contributed by atoms with E-state index in [2.05, 4.69) is 5.32 Å². The summed E-state index contributed by atoms with van der Waals surface area (Å²) in [4.78, 5) is 11.2. The van der Waals surface area contributed by atoms with Gasteiger partial charge in [0.2, 0.25) is 0 Å². The van der Waals surface area contributed by atoms with Crippen LogP contribution in [-0.2, 0) is 4.74 Å². The molecule has 0 bridgehead atoms. The van der Waals surface area contributed by atoms with E-state index in [1.165, 1.54) is 6.42 Å². The van der Waals surface area contributed by atoms with Crippen molar-refractivity contribution in [2.45, 2.75) is 44.4 Å². The lowest BCUT2D eigenvalue weighted by Crippen LogP contribution is -2.35. The maximum atomic E-state index is 12.6. The number of halogens is 1. The fraction of sp³-hybridized carbons (Fsp3) is 0.900. The van der Waals surface area contributed by atoms with E-state index in [0.29, 0.717) is 0 Å². The minimum atomic E-state index is -1.41. The number of carbonyl (C=O) groups excluding carboxylic acids is 1. The molecule has 0 spiro atoms. The van der Waals surface area contributed by atoms with Crippen molar-refractivity contribution in [3.05, 3.63) is 0 Å². The van der Waals surface area contributed by atoms with Crippen molar-refractivity contribution in [2.24, 2.45) is 0 Å². The summed E-state index contributed by atoms with van der Waals surface area (Å²) in [5.41, 5.74) is 0. The van der Waals surface area contributed by atoms with Gasteiger partial charge < -0.3 is 15.2 Å². The minimum Gasteiger partial charge on any atom is -0.446 e. The molecule has 4 nitrogen and oxygen atoms in total. The highest BCUT2D eigenvalue weighted by molar-refractivity contribution is 5.67. The minimum absolute atomic E-state index is 0.0223. The van der Waals surface area contributed by atoms with Gasteiger partial charge in [0.25, 0.3) is 0 Å². The van der Waals surface area contributed by atoms with Crippen molar-refractivity contribution >= 4 is 6.09 Å². The van der Waals surface area contributed by atoms with Gasteiger partial charge in [0.1, 0.15) is 12.3 Å². The molecule has 0 radical (unpaired) electrons. The summed E-state index contributed by atoms with van der Waals surface area (Å²) in [5, 5.41) is 10.7. The molecule has 1 amide bonds. The Bertz CT molecular complexity index is 195. The molecule has 0 aromatic heterocycles. The first-order chi connectivity index (χ1) is 7.22. The van der Waals surface area contributed by atoms with Gasteiger partial charge >= 0.3 is 6.09 Å². The predicted octanol–water partition coefficient (Wildman–Crippen LogP) is 1.38. The highest BCUT2D eigenvalue weighted by Crippen LogP contribution is 2.20. The van der Waals surface area contributed by atoms with Crippen LogP contribution in [-0.4, -0.2) is 36.6 Å². The molecular formula is C10H18FNO3. The smallest absolute Gasteiger partial charge is 0.407 e. The molecule has 1 fully saturated rings. The molecule has 1 aliphatic carbocycles. The Morgan fingerprint density at radius 1 is 1.47 bits per heavy atom. The summed E-state index contributed by atoms with van der Waals surface area (Å²) in [6.45, 7) is -0.772. The van der Waals surface area contributed by atoms with Crippen LogP contribution in [0.15, 0.2) is 0 Å². The Hall–Kier alpha value is -0.840. The summed E-state index contributed by atoms with van der Waals surface area (Å²) in [7, 11) is 0. The SMILES string of the molecule is O=C(NC[C@@H](F)CO)OC1CCCCC1. The van der Waals surface area contributed by atoms with Crippen LogP contribution in [0, 0.1) is 0 Å². The molecule has 0 saturated heterocycles. The van der Waals surface area contributed by atoms with Gasteiger partial charge in [0, 0.05) is 0 Å². The van der Waals surface area contributed by atoms with E-state index in [9.17, 15) is 9.18 Å². The molecule has 2 N–H and O–H groups in total. The molecule has 1 rings (SSSR count). The van der Waals surface area contributed by atoms with Gasteiger partial charge in [0.05, 0.1) is 13.2 Å². The quantitative estimate of drug-likeness (QED) is 0.751. The van der Waals surface area contributed by atoms with Gasteiger partial charge in [-0.15, -0.1) is 0 Å². The third kappa shape index (κ3) is 4.97. The van der Waals surface area contributed by atoms with Gasteiger partial charge in [0.15, 0.2) is 0 Å². The zero-order valence-corrected chi connectivity index (χ0v) is 8.75. The third-order valence-corrected chi connectivity index (χ3v) is 2.49. The van der Waals surface area contributed by atoms with E-state index in [4.69, 9.17) is 9.84 Å². The second kappa shape index (κ2) is 6.61. The molecule has 15 heavy (non-hydrogen) atoms. The Labute approximate surface area is 88.8 Å².